The van der Waals surface area contributed by atoms with Gasteiger partial charge in [-0.2, -0.15) is 18.4 Å². The number of carbonyl (C=O) groups excluding carboxylic acids is 3. The molecule has 0 saturated carbocycles. The molecule has 41 heavy (non-hydrogen) atoms. The van der Waals surface area contributed by atoms with E-state index >= 15 is 0 Å². The van der Waals surface area contributed by atoms with Crippen molar-refractivity contribution in [2.75, 3.05) is 16.8 Å². The van der Waals surface area contributed by atoms with Crippen LogP contribution < -0.4 is 21.3 Å². The highest BCUT2D eigenvalue weighted by Gasteiger charge is 2.35. The number of anilines is 3. The Labute approximate surface area is 239 Å². The van der Waals surface area contributed by atoms with Gasteiger partial charge in [-0.3, -0.25) is 14.4 Å². The normalized spacial score (nSPS) is 15.1. The number of nitrogens with one attached hydrogen (secondary N) is 2. The summed E-state index contributed by atoms with van der Waals surface area (Å²) in [7, 11) is 0. The third-order valence-corrected chi connectivity index (χ3v) is 6.39. The van der Waals surface area contributed by atoms with Crippen LogP contribution in [0.4, 0.5) is 30.2 Å². The molecule has 12 heteroatoms. The minimum Gasteiger partial charge on any atom is -0.370 e. The van der Waals surface area contributed by atoms with Crippen LogP contribution in [0.15, 0.2) is 78.9 Å². The number of halogens is 4. The molecule has 0 spiro atoms. The number of hydrogen-bond acceptors (Lipinski definition) is 5. The van der Waals surface area contributed by atoms with Crippen molar-refractivity contribution >= 4 is 46.4 Å². The number of primary amides is 1. The van der Waals surface area contributed by atoms with Gasteiger partial charge < -0.3 is 21.3 Å². The molecule has 2 unspecified atom stereocenters. The second-order valence-corrected chi connectivity index (χ2v) is 9.54. The standard InChI is InChI=1S/C23H21ClF3N5O3.C6H6/c24-16-5-2-6-18-20(16)31-22(35)17(12-32(18)15-4-1-3-13(9-15)11-28)30-21(34)14(10-19(29)33)7-8-23(25,26)27;1-2-4-6-5-3-1/h1-6,9,14,17H,7-8,10,12H2,(H2,29,33)(H,30,34)(H,31,35);1-6H. The summed E-state index contributed by atoms with van der Waals surface area (Å²) in [5, 5.41) is 14.6. The van der Waals surface area contributed by atoms with E-state index in [2.05, 4.69) is 10.6 Å². The summed E-state index contributed by atoms with van der Waals surface area (Å²) in [6, 6.07) is 24.2. The third-order valence-electron chi connectivity index (χ3n) is 6.08. The molecular weight excluding hydrogens is 559 g/mol. The fourth-order valence-electron chi connectivity index (χ4n) is 4.12. The average molecular weight is 586 g/mol. The van der Waals surface area contributed by atoms with E-state index in [-0.39, 0.29) is 17.3 Å². The van der Waals surface area contributed by atoms with Crippen LogP contribution in [0.25, 0.3) is 0 Å². The lowest BCUT2D eigenvalue weighted by atomic mass is 9.97. The zero-order valence-electron chi connectivity index (χ0n) is 21.7. The third kappa shape index (κ3) is 9.25. The maximum atomic E-state index is 13.0. The van der Waals surface area contributed by atoms with Crippen molar-refractivity contribution in [2.24, 2.45) is 11.7 Å². The highest BCUT2D eigenvalue weighted by molar-refractivity contribution is 6.34. The van der Waals surface area contributed by atoms with E-state index in [0.29, 0.717) is 16.9 Å². The monoisotopic (exact) mass is 585 g/mol. The Morgan fingerprint density at radius 3 is 2.32 bits per heavy atom. The topological polar surface area (TPSA) is 128 Å². The minimum atomic E-state index is -4.53. The number of fused-ring (bicyclic) bond motifs is 1. The predicted molar refractivity (Wildman–Crippen MR) is 149 cm³/mol. The number of amides is 3. The molecule has 3 amide bonds. The first-order valence-electron chi connectivity index (χ1n) is 12.5. The molecule has 1 heterocycles. The molecule has 3 aromatic rings. The second kappa shape index (κ2) is 14.2. The molecule has 0 bridgehead atoms. The van der Waals surface area contributed by atoms with Crippen molar-refractivity contribution in [3.63, 3.8) is 0 Å². The first-order valence-corrected chi connectivity index (χ1v) is 12.9. The van der Waals surface area contributed by atoms with E-state index in [1.165, 1.54) is 0 Å². The average Bonchev–Trinajstić information content (AvgIpc) is 3.08. The van der Waals surface area contributed by atoms with Crippen LogP contribution in [0.3, 0.4) is 0 Å². The summed E-state index contributed by atoms with van der Waals surface area (Å²) in [6.45, 7) is -0.123. The van der Waals surface area contributed by atoms with Gasteiger partial charge >= 0.3 is 6.18 Å². The molecule has 0 radical (unpaired) electrons. The van der Waals surface area contributed by atoms with Gasteiger partial charge in [0.25, 0.3) is 0 Å². The first-order chi connectivity index (χ1) is 19.5. The van der Waals surface area contributed by atoms with E-state index in [9.17, 15) is 32.8 Å². The number of rotatable bonds is 7. The Bertz CT molecular complexity index is 1390. The van der Waals surface area contributed by atoms with Gasteiger partial charge in [0.2, 0.25) is 17.7 Å². The summed E-state index contributed by atoms with van der Waals surface area (Å²) >= 11 is 6.30. The maximum absolute atomic E-state index is 13.0. The van der Waals surface area contributed by atoms with Crippen molar-refractivity contribution in [3.05, 3.63) is 89.4 Å². The quantitative estimate of drug-likeness (QED) is 0.346. The molecule has 4 N–H and O–H groups in total. The Morgan fingerprint density at radius 2 is 1.73 bits per heavy atom. The van der Waals surface area contributed by atoms with Gasteiger partial charge in [-0.25, -0.2) is 0 Å². The van der Waals surface area contributed by atoms with Crippen molar-refractivity contribution in [2.45, 2.75) is 31.5 Å². The number of nitrogens with two attached hydrogens (primary N) is 1. The van der Waals surface area contributed by atoms with Gasteiger partial charge in [-0.05, 0) is 36.8 Å². The van der Waals surface area contributed by atoms with Crippen LogP contribution in [0, 0.1) is 17.2 Å². The number of carbonyl (C=O) groups is 3. The lowest BCUT2D eigenvalue weighted by Crippen LogP contribution is -2.50. The highest BCUT2D eigenvalue weighted by Crippen LogP contribution is 2.39. The summed E-state index contributed by atoms with van der Waals surface area (Å²) < 4.78 is 38.2. The maximum Gasteiger partial charge on any atom is 0.389 e. The van der Waals surface area contributed by atoms with Gasteiger partial charge in [0, 0.05) is 24.4 Å². The smallest absolute Gasteiger partial charge is 0.370 e. The summed E-state index contributed by atoms with van der Waals surface area (Å²) in [6.07, 6.45) is -7.08. The van der Waals surface area contributed by atoms with E-state index in [0.717, 1.165) is 0 Å². The van der Waals surface area contributed by atoms with Gasteiger partial charge in [-0.1, -0.05) is 60.1 Å². The largest absolute Gasteiger partial charge is 0.389 e. The number of nitriles is 1. The lowest BCUT2D eigenvalue weighted by molar-refractivity contribution is -0.143. The van der Waals surface area contributed by atoms with Crippen molar-refractivity contribution in [3.8, 4) is 6.07 Å². The molecule has 8 nitrogen and oxygen atoms in total. The SMILES string of the molecule is N#Cc1cccc(N2CC(NC(=O)C(CCC(F)(F)F)CC(N)=O)C(=O)Nc3c(Cl)cccc32)c1.c1ccccc1. The van der Waals surface area contributed by atoms with Crippen molar-refractivity contribution < 1.29 is 27.6 Å². The highest BCUT2D eigenvalue weighted by atomic mass is 35.5. The zero-order valence-corrected chi connectivity index (χ0v) is 22.5. The fourth-order valence-corrected chi connectivity index (χ4v) is 4.33. The van der Waals surface area contributed by atoms with E-state index in [4.69, 9.17) is 17.3 Å². The number of hydrogen-bond donors (Lipinski definition) is 3. The summed E-state index contributed by atoms with van der Waals surface area (Å²) in [5.41, 5.74) is 6.76. The van der Waals surface area contributed by atoms with Gasteiger partial charge in [0.1, 0.15) is 6.04 Å². The molecule has 2 atom stereocenters. The molecule has 1 aliphatic heterocycles. The van der Waals surface area contributed by atoms with E-state index < -0.39 is 55.1 Å². The zero-order chi connectivity index (χ0) is 30.0. The molecule has 214 valence electrons. The fraction of sp³-hybridized carbons (Fsp3) is 0.241. The Morgan fingerprint density at radius 1 is 1.10 bits per heavy atom. The molecule has 1 aliphatic rings. The number of para-hydroxylation sites is 1. The van der Waals surface area contributed by atoms with Gasteiger partial charge in [0.15, 0.2) is 0 Å². The number of nitrogens with zero attached hydrogens (tertiary/aromatic N) is 2. The molecule has 0 aliphatic carbocycles. The van der Waals surface area contributed by atoms with Crippen LogP contribution in [0.5, 0.6) is 0 Å². The number of benzene rings is 3. The molecule has 0 fully saturated rings. The Hall–Kier alpha value is -4.56. The second-order valence-electron chi connectivity index (χ2n) is 9.13. The Kier molecular flexibility index (Phi) is 10.7. The number of alkyl halides is 3. The Balaban J connectivity index is 0.000000681. The van der Waals surface area contributed by atoms with Crippen LogP contribution in [-0.2, 0) is 14.4 Å². The van der Waals surface area contributed by atoms with Crippen LogP contribution in [0.2, 0.25) is 5.02 Å². The molecule has 0 aromatic heterocycles. The predicted octanol–water partition coefficient (Wildman–Crippen LogP) is 5.31. The van der Waals surface area contributed by atoms with E-state index in [1.807, 2.05) is 42.5 Å². The molecule has 0 saturated heterocycles. The van der Waals surface area contributed by atoms with Crippen molar-refractivity contribution in [1.82, 2.24) is 5.32 Å². The van der Waals surface area contributed by atoms with Gasteiger partial charge in [-0.15, -0.1) is 0 Å². The summed E-state index contributed by atoms with van der Waals surface area (Å²) in [4.78, 5) is 38.9. The van der Waals surface area contributed by atoms with Crippen LogP contribution in [0.1, 0.15) is 24.8 Å². The van der Waals surface area contributed by atoms with Gasteiger partial charge in [0.05, 0.1) is 34.6 Å². The van der Waals surface area contributed by atoms with Crippen LogP contribution in [-0.4, -0.2) is 36.5 Å². The molecule has 3 aromatic carbocycles. The van der Waals surface area contributed by atoms with E-state index in [1.54, 1.807) is 47.4 Å². The molecular formula is C29H27ClF3N5O3. The first kappa shape index (κ1) is 31.0. The molecule has 4 rings (SSSR count). The summed E-state index contributed by atoms with van der Waals surface area (Å²) in [5.74, 6) is -3.87. The van der Waals surface area contributed by atoms with Crippen molar-refractivity contribution in [1.29, 1.82) is 5.26 Å². The van der Waals surface area contributed by atoms with Crippen LogP contribution >= 0.6 is 11.6 Å². The lowest BCUT2D eigenvalue weighted by Gasteiger charge is -2.28. The minimum absolute atomic E-state index is 0.123.